The maximum absolute atomic E-state index is 4.55. The first-order valence-corrected chi connectivity index (χ1v) is 9.40. The van der Waals surface area contributed by atoms with Gasteiger partial charge in [-0.25, -0.2) is 4.98 Å². The molecular formula is C21H28ClN5. The molecule has 27 heavy (non-hydrogen) atoms. The lowest BCUT2D eigenvalue weighted by Gasteiger charge is -2.18. The zero-order chi connectivity index (χ0) is 18.3. The van der Waals surface area contributed by atoms with E-state index in [1.807, 2.05) is 19.4 Å². The number of anilines is 1. The highest BCUT2D eigenvalue weighted by Gasteiger charge is 2.23. The summed E-state index contributed by atoms with van der Waals surface area (Å²) in [5.74, 6) is 0. The molecule has 0 spiro atoms. The third-order valence-electron chi connectivity index (χ3n) is 5.52. The third kappa shape index (κ3) is 3.74. The lowest BCUT2D eigenvalue weighted by atomic mass is 10.1. The molecule has 5 nitrogen and oxygen atoms in total. The number of aryl methyl sites for hydroxylation is 4. The van der Waals surface area contributed by atoms with Gasteiger partial charge in [0.05, 0.1) is 23.9 Å². The van der Waals surface area contributed by atoms with E-state index >= 15 is 0 Å². The van der Waals surface area contributed by atoms with Gasteiger partial charge in [0.15, 0.2) is 0 Å². The smallest absolute Gasteiger partial charge is 0.0950 e. The van der Waals surface area contributed by atoms with E-state index in [4.69, 9.17) is 0 Å². The quantitative estimate of drug-likeness (QED) is 0.658. The fourth-order valence-electron chi connectivity index (χ4n) is 3.98. The molecule has 1 aromatic carbocycles. The van der Waals surface area contributed by atoms with Gasteiger partial charge in [-0.15, -0.1) is 12.4 Å². The second-order valence-corrected chi connectivity index (χ2v) is 7.48. The van der Waals surface area contributed by atoms with Crippen LogP contribution in [0.15, 0.2) is 36.8 Å². The molecule has 0 N–H and O–H groups in total. The van der Waals surface area contributed by atoms with E-state index in [9.17, 15) is 0 Å². The fourth-order valence-corrected chi connectivity index (χ4v) is 3.98. The maximum Gasteiger partial charge on any atom is 0.0950 e. The molecule has 0 bridgehead atoms. The maximum atomic E-state index is 4.55. The van der Waals surface area contributed by atoms with Crippen molar-refractivity contribution in [1.29, 1.82) is 0 Å². The molecule has 1 unspecified atom stereocenters. The molecule has 3 heterocycles. The summed E-state index contributed by atoms with van der Waals surface area (Å²) in [7, 11) is 2.18. The summed E-state index contributed by atoms with van der Waals surface area (Å²) in [6.45, 7) is 8.32. The van der Waals surface area contributed by atoms with Crippen LogP contribution in [0.25, 0.3) is 11.3 Å². The fraction of sp³-hybridized carbons (Fsp3) is 0.429. The van der Waals surface area contributed by atoms with Crippen molar-refractivity contribution in [2.24, 2.45) is 0 Å². The van der Waals surface area contributed by atoms with E-state index in [0.29, 0.717) is 6.04 Å². The molecule has 0 amide bonds. The van der Waals surface area contributed by atoms with E-state index in [1.54, 1.807) is 0 Å². The molecule has 0 saturated carbocycles. The average Bonchev–Trinajstić information content (AvgIpc) is 3.27. The van der Waals surface area contributed by atoms with E-state index in [1.165, 1.54) is 28.2 Å². The Labute approximate surface area is 167 Å². The lowest BCUT2D eigenvalue weighted by Crippen LogP contribution is -2.23. The van der Waals surface area contributed by atoms with Crippen LogP contribution >= 0.6 is 12.4 Å². The van der Waals surface area contributed by atoms with Crippen LogP contribution in [0.1, 0.15) is 30.3 Å². The first kappa shape index (κ1) is 19.5. The SMILES string of the molecule is Cc1cc(C)n(CCCn2cncc2-c2ccc3c(c2)CC(C)N3C)n1.Cl. The highest BCUT2D eigenvalue weighted by atomic mass is 35.5. The zero-order valence-corrected chi connectivity index (χ0v) is 17.3. The van der Waals surface area contributed by atoms with Crippen LogP contribution < -0.4 is 4.90 Å². The number of aromatic nitrogens is 4. The Hall–Kier alpha value is -2.27. The van der Waals surface area contributed by atoms with Crippen molar-refractivity contribution in [3.8, 4) is 11.3 Å². The second kappa shape index (κ2) is 7.77. The van der Waals surface area contributed by atoms with Crippen molar-refractivity contribution >= 4 is 18.1 Å². The Morgan fingerprint density at radius 3 is 2.70 bits per heavy atom. The van der Waals surface area contributed by atoms with Gasteiger partial charge in [-0.3, -0.25) is 4.68 Å². The van der Waals surface area contributed by atoms with Crippen molar-refractivity contribution < 1.29 is 0 Å². The van der Waals surface area contributed by atoms with Crippen LogP contribution in [-0.2, 0) is 19.5 Å². The van der Waals surface area contributed by atoms with Gasteiger partial charge in [0.1, 0.15) is 0 Å². The highest BCUT2D eigenvalue weighted by molar-refractivity contribution is 5.85. The van der Waals surface area contributed by atoms with Crippen molar-refractivity contribution in [2.75, 3.05) is 11.9 Å². The molecule has 0 fully saturated rings. The van der Waals surface area contributed by atoms with Gasteiger partial charge in [-0.1, -0.05) is 6.07 Å². The van der Waals surface area contributed by atoms with Gasteiger partial charge < -0.3 is 9.47 Å². The monoisotopic (exact) mass is 385 g/mol. The Morgan fingerprint density at radius 2 is 1.96 bits per heavy atom. The molecule has 0 radical (unpaired) electrons. The van der Waals surface area contributed by atoms with Gasteiger partial charge in [0, 0.05) is 43.1 Å². The van der Waals surface area contributed by atoms with Crippen LogP contribution in [0.5, 0.6) is 0 Å². The van der Waals surface area contributed by atoms with Crippen molar-refractivity contribution in [3.63, 3.8) is 0 Å². The topological polar surface area (TPSA) is 38.9 Å². The number of likely N-dealkylation sites (N-methyl/N-ethyl adjacent to an activating group) is 1. The van der Waals surface area contributed by atoms with E-state index in [-0.39, 0.29) is 12.4 Å². The molecule has 6 heteroatoms. The summed E-state index contributed by atoms with van der Waals surface area (Å²) in [5.41, 5.74) is 7.57. The molecule has 4 rings (SSSR count). The summed E-state index contributed by atoms with van der Waals surface area (Å²) >= 11 is 0. The summed E-state index contributed by atoms with van der Waals surface area (Å²) in [6, 6.07) is 9.52. The lowest BCUT2D eigenvalue weighted by molar-refractivity contribution is 0.518. The Bertz CT molecular complexity index is 927. The Balaban J connectivity index is 0.00000210. The van der Waals surface area contributed by atoms with Crippen molar-refractivity contribution in [3.05, 3.63) is 53.7 Å². The summed E-state index contributed by atoms with van der Waals surface area (Å²) < 4.78 is 4.36. The molecule has 0 aliphatic carbocycles. The number of hydrogen-bond donors (Lipinski definition) is 0. The van der Waals surface area contributed by atoms with Gasteiger partial charge in [-0.2, -0.15) is 5.10 Å². The van der Waals surface area contributed by atoms with Gasteiger partial charge >= 0.3 is 0 Å². The molecular weight excluding hydrogens is 358 g/mol. The zero-order valence-electron chi connectivity index (χ0n) is 16.5. The molecule has 2 aromatic heterocycles. The molecule has 1 aliphatic rings. The van der Waals surface area contributed by atoms with Crippen molar-refractivity contribution in [1.82, 2.24) is 19.3 Å². The Kier molecular flexibility index (Phi) is 5.61. The largest absolute Gasteiger partial charge is 0.371 e. The predicted molar refractivity (Wildman–Crippen MR) is 113 cm³/mol. The standard InChI is InChI=1S/C21H27N5.ClH/c1-15-10-17(3)26(23-15)9-5-8-25-14-22-13-21(25)18-6-7-20-19(12-18)11-16(2)24(20)4;/h6-7,10,12-14,16H,5,8-9,11H2,1-4H3;1H. The van der Waals surface area contributed by atoms with Gasteiger partial charge in [-0.05, 0) is 57.4 Å². The molecule has 144 valence electrons. The minimum absolute atomic E-state index is 0. The summed E-state index contributed by atoms with van der Waals surface area (Å²) in [6.07, 6.45) is 6.08. The number of halogens is 1. The normalized spacial score (nSPS) is 15.7. The number of hydrogen-bond acceptors (Lipinski definition) is 3. The van der Waals surface area contributed by atoms with E-state index in [2.05, 4.69) is 69.4 Å². The number of fused-ring (bicyclic) bond motifs is 1. The predicted octanol–water partition coefficient (Wildman–Crippen LogP) is 4.26. The van der Waals surface area contributed by atoms with Gasteiger partial charge in [0.2, 0.25) is 0 Å². The van der Waals surface area contributed by atoms with E-state index in [0.717, 1.165) is 31.6 Å². The Morgan fingerprint density at radius 1 is 1.15 bits per heavy atom. The van der Waals surface area contributed by atoms with Crippen LogP contribution in [-0.4, -0.2) is 32.4 Å². The number of benzene rings is 1. The second-order valence-electron chi connectivity index (χ2n) is 7.48. The molecule has 0 saturated heterocycles. The minimum Gasteiger partial charge on any atom is -0.371 e. The first-order chi connectivity index (χ1) is 12.5. The molecule has 3 aromatic rings. The van der Waals surface area contributed by atoms with Crippen LogP contribution in [0, 0.1) is 13.8 Å². The molecule has 1 aliphatic heterocycles. The van der Waals surface area contributed by atoms with Crippen molar-refractivity contribution in [2.45, 2.75) is 52.7 Å². The van der Waals surface area contributed by atoms with Crippen LogP contribution in [0.4, 0.5) is 5.69 Å². The van der Waals surface area contributed by atoms with E-state index < -0.39 is 0 Å². The number of rotatable bonds is 5. The van der Waals surface area contributed by atoms with Crippen LogP contribution in [0.2, 0.25) is 0 Å². The third-order valence-corrected chi connectivity index (χ3v) is 5.52. The van der Waals surface area contributed by atoms with Gasteiger partial charge in [0.25, 0.3) is 0 Å². The first-order valence-electron chi connectivity index (χ1n) is 9.40. The van der Waals surface area contributed by atoms with Crippen LogP contribution in [0.3, 0.4) is 0 Å². The summed E-state index contributed by atoms with van der Waals surface area (Å²) in [5, 5.41) is 4.55. The highest BCUT2D eigenvalue weighted by Crippen LogP contribution is 2.34. The number of imidazole rings is 1. The number of nitrogens with zero attached hydrogens (tertiary/aromatic N) is 5. The summed E-state index contributed by atoms with van der Waals surface area (Å²) in [4.78, 5) is 6.77. The average molecular weight is 386 g/mol. The minimum atomic E-state index is 0. The molecule has 1 atom stereocenters.